The van der Waals surface area contributed by atoms with Crippen LogP contribution in [0.3, 0.4) is 0 Å². The van der Waals surface area contributed by atoms with Crippen molar-refractivity contribution in [2.24, 2.45) is 5.10 Å². The number of para-hydroxylation sites is 2. The third-order valence-corrected chi connectivity index (χ3v) is 6.96. The van der Waals surface area contributed by atoms with Crippen LogP contribution in [0, 0.1) is 6.92 Å². The van der Waals surface area contributed by atoms with Crippen molar-refractivity contribution < 1.29 is 19.4 Å². The molecule has 0 saturated heterocycles. The van der Waals surface area contributed by atoms with E-state index in [4.69, 9.17) is 26.4 Å². The summed E-state index contributed by atoms with van der Waals surface area (Å²) >= 11 is 6.20. The molecule has 1 amide bonds. The van der Waals surface area contributed by atoms with E-state index in [1.165, 1.54) is 5.01 Å². The number of aryl methyl sites for hydroxylation is 1. The average Bonchev–Trinajstić information content (AvgIpc) is 3.36. The van der Waals surface area contributed by atoms with Gasteiger partial charge in [0.25, 0.3) is 0 Å². The third-order valence-electron chi connectivity index (χ3n) is 6.71. The molecule has 8 heteroatoms. The Morgan fingerprint density at radius 2 is 1.71 bits per heavy atom. The number of aliphatic carboxylic acids is 1. The minimum atomic E-state index is -1.03. The van der Waals surface area contributed by atoms with Crippen molar-refractivity contribution in [1.82, 2.24) is 9.99 Å². The summed E-state index contributed by atoms with van der Waals surface area (Å²) < 4.78 is 5.60. The lowest BCUT2D eigenvalue weighted by atomic mass is 9.89. The van der Waals surface area contributed by atoms with Crippen molar-refractivity contribution in [3.63, 3.8) is 0 Å². The number of aromatic nitrogens is 1. The van der Waals surface area contributed by atoms with Crippen LogP contribution in [0.15, 0.2) is 77.9 Å². The van der Waals surface area contributed by atoms with Gasteiger partial charge in [-0.15, -0.1) is 0 Å². The number of hydrogen-bond donors (Lipinski definition) is 1. The maximum absolute atomic E-state index is 13.3. The first kappa shape index (κ1) is 25.4. The molecule has 4 aromatic rings. The summed E-state index contributed by atoms with van der Waals surface area (Å²) in [6, 6.07) is 22.6. The highest BCUT2D eigenvalue weighted by molar-refractivity contribution is 6.30. The van der Waals surface area contributed by atoms with Crippen LogP contribution < -0.4 is 4.74 Å². The molecule has 1 aliphatic heterocycles. The van der Waals surface area contributed by atoms with E-state index in [9.17, 15) is 14.7 Å². The number of carbonyl (C=O) groups is 2. The highest BCUT2D eigenvalue weighted by Crippen LogP contribution is 2.41. The summed E-state index contributed by atoms with van der Waals surface area (Å²) in [6.07, 6.45) is -0.0111. The van der Waals surface area contributed by atoms with Crippen LogP contribution in [0.4, 0.5) is 0 Å². The number of hydrogen-bond acceptors (Lipinski definition) is 5. The summed E-state index contributed by atoms with van der Waals surface area (Å²) in [7, 11) is 1.59. The standard InChI is InChI=1S/C30H26ClN3O4/c1-18-29(30(19-11-13-20(31)14-12-19)21-7-3-5-9-23(21)32-18)24-17-25(22-8-4-6-10-26(22)38-2)34(33-24)27(35)15-16-28(36)37/h3-14,25H,15-17H2,1-2H3,(H,36,37)/t25-/m0/s1. The van der Waals surface area contributed by atoms with Crippen LogP contribution in [0.2, 0.25) is 5.02 Å². The van der Waals surface area contributed by atoms with E-state index in [2.05, 4.69) is 0 Å². The molecular formula is C30H26ClN3O4. The van der Waals surface area contributed by atoms with Crippen molar-refractivity contribution >= 4 is 40.1 Å². The Balaban J connectivity index is 1.69. The topological polar surface area (TPSA) is 92.1 Å². The van der Waals surface area contributed by atoms with Crippen LogP contribution in [0.25, 0.3) is 22.0 Å². The predicted molar refractivity (Wildman–Crippen MR) is 148 cm³/mol. The molecule has 7 nitrogen and oxygen atoms in total. The summed E-state index contributed by atoms with van der Waals surface area (Å²) in [5.74, 6) is -0.760. The first-order valence-corrected chi connectivity index (χ1v) is 12.6. The molecule has 0 spiro atoms. The Kier molecular flexibility index (Phi) is 7.11. The molecule has 1 atom stereocenters. The number of carbonyl (C=O) groups excluding carboxylic acids is 1. The number of amides is 1. The molecule has 5 rings (SSSR count). The molecule has 1 aromatic heterocycles. The van der Waals surface area contributed by atoms with Gasteiger partial charge in [-0.05, 0) is 36.8 Å². The molecule has 38 heavy (non-hydrogen) atoms. The molecule has 1 N–H and O–H groups in total. The van der Waals surface area contributed by atoms with Crippen LogP contribution in [-0.2, 0) is 9.59 Å². The zero-order valence-corrected chi connectivity index (χ0v) is 21.8. The molecule has 3 aromatic carbocycles. The molecule has 0 unspecified atom stereocenters. The summed E-state index contributed by atoms with van der Waals surface area (Å²) in [6.45, 7) is 1.94. The fourth-order valence-electron chi connectivity index (χ4n) is 5.01. The number of methoxy groups -OCH3 is 1. The zero-order chi connectivity index (χ0) is 26.8. The van der Waals surface area contributed by atoms with Gasteiger partial charge in [-0.1, -0.05) is 60.1 Å². The van der Waals surface area contributed by atoms with Gasteiger partial charge in [-0.25, -0.2) is 5.01 Å². The fourth-order valence-corrected chi connectivity index (χ4v) is 5.13. The van der Waals surface area contributed by atoms with Gasteiger partial charge in [-0.3, -0.25) is 14.6 Å². The first-order chi connectivity index (χ1) is 18.4. The molecule has 0 fully saturated rings. The number of benzene rings is 3. The van der Waals surface area contributed by atoms with Gasteiger partial charge in [0.1, 0.15) is 5.75 Å². The van der Waals surface area contributed by atoms with Crippen molar-refractivity contribution in [3.05, 3.63) is 94.6 Å². The van der Waals surface area contributed by atoms with Crippen LogP contribution in [0.5, 0.6) is 5.75 Å². The second-order valence-electron chi connectivity index (χ2n) is 9.11. The van der Waals surface area contributed by atoms with Gasteiger partial charge < -0.3 is 9.84 Å². The maximum Gasteiger partial charge on any atom is 0.303 e. The normalized spacial score (nSPS) is 15.0. The smallest absolute Gasteiger partial charge is 0.303 e. The SMILES string of the molecule is COc1ccccc1[C@@H]1CC(c2c(C)nc3ccccc3c2-c2ccc(Cl)cc2)=NN1C(=O)CCC(=O)O. The van der Waals surface area contributed by atoms with E-state index >= 15 is 0 Å². The monoisotopic (exact) mass is 527 g/mol. The number of carboxylic acids is 1. The molecule has 2 heterocycles. The van der Waals surface area contributed by atoms with Gasteiger partial charge >= 0.3 is 5.97 Å². The first-order valence-electron chi connectivity index (χ1n) is 12.3. The van der Waals surface area contributed by atoms with Gasteiger partial charge in [0, 0.05) is 45.6 Å². The fraction of sp³-hybridized carbons (Fsp3) is 0.200. The Morgan fingerprint density at radius 3 is 2.45 bits per heavy atom. The second-order valence-corrected chi connectivity index (χ2v) is 9.55. The number of nitrogens with zero attached hydrogens (tertiary/aromatic N) is 3. The number of pyridine rings is 1. The van der Waals surface area contributed by atoms with Crippen molar-refractivity contribution in [2.75, 3.05) is 7.11 Å². The number of carboxylic acid groups (broad SMARTS) is 1. The van der Waals surface area contributed by atoms with Crippen LogP contribution in [-0.4, -0.2) is 39.8 Å². The van der Waals surface area contributed by atoms with Gasteiger partial charge in [0.15, 0.2) is 0 Å². The van der Waals surface area contributed by atoms with Gasteiger partial charge in [-0.2, -0.15) is 5.10 Å². The van der Waals surface area contributed by atoms with Crippen molar-refractivity contribution in [1.29, 1.82) is 0 Å². The molecular weight excluding hydrogens is 502 g/mol. The minimum Gasteiger partial charge on any atom is -0.496 e. The lowest BCUT2D eigenvalue weighted by molar-refractivity contribution is -0.141. The van der Waals surface area contributed by atoms with Crippen LogP contribution in [0.1, 0.15) is 42.1 Å². The quantitative estimate of drug-likeness (QED) is 0.299. The van der Waals surface area contributed by atoms with E-state index < -0.39 is 12.0 Å². The highest BCUT2D eigenvalue weighted by atomic mass is 35.5. The molecule has 0 saturated carbocycles. The van der Waals surface area contributed by atoms with E-state index in [-0.39, 0.29) is 18.7 Å². The lowest BCUT2D eigenvalue weighted by Crippen LogP contribution is -2.27. The molecule has 0 aliphatic carbocycles. The second kappa shape index (κ2) is 10.6. The number of hydrazone groups is 1. The third kappa shape index (κ3) is 4.85. The van der Waals surface area contributed by atoms with Crippen LogP contribution >= 0.6 is 11.6 Å². The average molecular weight is 528 g/mol. The Morgan fingerprint density at radius 1 is 1.00 bits per heavy atom. The van der Waals surface area contributed by atoms with Crippen molar-refractivity contribution in [3.8, 4) is 16.9 Å². The molecule has 192 valence electrons. The van der Waals surface area contributed by atoms with Gasteiger partial charge in [0.2, 0.25) is 5.91 Å². The Hall–Kier alpha value is -4.23. The summed E-state index contributed by atoms with van der Waals surface area (Å²) in [4.78, 5) is 29.4. The summed E-state index contributed by atoms with van der Waals surface area (Å²) in [5.41, 5.74) is 5.90. The minimum absolute atomic E-state index is 0.156. The van der Waals surface area contributed by atoms with Gasteiger partial charge in [0.05, 0.1) is 30.8 Å². The number of fused-ring (bicyclic) bond motifs is 1. The number of ether oxygens (including phenoxy) is 1. The number of halogens is 1. The number of rotatable bonds is 7. The van der Waals surface area contributed by atoms with E-state index in [1.54, 1.807) is 7.11 Å². The van der Waals surface area contributed by atoms with E-state index in [0.717, 1.165) is 38.9 Å². The van der Waals surface area contributed by atoms with E-state index in [1.807, 2.05) is 79.7 Å². The predicted octanol–water partition coefficient (Wildman–Crippen LogP) is 6.41. The Labute approximate surface area is 225 Å². The van der Waals surface area contributed by atoms with E-state index in [0.29, 0.717) is 22.9 Å². The highest BCUT2D eigenvalue weighted by Gasteiger charge is 2.36. The lowest BCUT2D eigenvalue weighted by Gasteiger charge is -2.23. The maximum atomic E-state index is 13.3. The molecule has 1 aliphatic rings. The Bertz CT molecular complexity index is 1570. The zero-order valence-electron chi connectivity index (χ0n) is 21.0. The van der Waals surface area contributed by atoms with Crippen molar-refractivity contribution in [2.45, 2.75) is 32.2 Å². The molecule has 0 radical (unpaired) electrons. The largest absolute Gasteiger partial charge is 0.496 e. The summed E-state index contributed by atoms with van der Waals surface area (Å²) in [5, 5.41) is 17.0. The molecule has 0 bridgehead atoms.